The fourth-order valence-electron chi connectivity index (χ4n) is 3.68. The molecule has 6 heteroatoms. The maximum Gasteiger partial charge on any atom is 0.211 e. The summed E-state index contributed by atoms with van der Waals surface area (Å²) < 4.78 is 24.8. The Hall–Kier alpha value is -0.170. The van der Waals surface area contributed by atoms with Crippen LogP contribution in [-0.2, 0) is 10.0 Å². The van der Waals surface area contributed by atoms with Gasteiger partial charge in [-0.2, -0.15) is 4.31 Å². The zero-order chi connectivity index (χ0) is 14.8. The molecule has 1 saturated carbocycles. The van der Waals surface area contributed by atoms with Crippen molar-refractivity contribution in [2.45, 2.75) is 51.2 Å². The van der Waals surface area contributed by atoms with Crippen LogP contribution >= 0.6 is 0 Å². The first-order valence-electron chi connectivity index (χ1n) is 7.73. The number of rotatable bonds is 5. The van der Waals surface area contributed by atoms with Crippen LogP contribution in [0.15, 0.2) is 0 Å². The van der Waals surface area contributed by atoms with E-state index in [1.165, 1.54) is 31.9 Å². The molecule has 0 aromatic rings. The number of nitrogens with zero attached hydrogens (tertiary/aromatic N) is 2. The van der Waals surface area contributed by atoms with E-state index in [1.54, 1.807) is 4.31 Å². The van der Waals surface area contributed by atoms with Gasteiger partial charge in [-0.25, -0.2) is 8.42 Å². The fraction of sp³-hybridized carbons (Fsp3) is 1.00. The van der Waals surface area contributed by atoms with Crippen LogP contribution in [0, 0.1) is 5.92 Å². The molecule has 1 N–H and O–H groups in total. The lowest BCUT2D eigenvalue weighted by Crippen LogP contribution is -2.54. The van der Waals surface area contributed by atoms with Crippen molar-refractivity contribution in [2.24, 2.45) is 5.92 Å². The average Bonchev–Trinajstić information content (AvgIpc) is 2.79. The van der Waals surface area contributed by atoms with Gasteiger partial charge < -0.3 is 5.11 Å². The Kier molecular flexibility index (Phi) is 5.45. The number of piperazine rings is 1. The lowest BCUT2D eigenvalue weighted by molar-refractivity contribution is 0.0622. The maximum absolute atomic E-state index is 11.6. The molecule has 1 aliphatic carbocycles. The number of sulfonamides is 1. The summed E-state index contributed by atoms with van der Waals surface area (Å²) in [5.74, 6) is 0.694. The van der Waals surface area contributed by atoms with Gasteiger partial charge in [0.1, 0.15) is 0 Å². The van der Waals surface area contributed by atoms with Gasteiger partial charge >= 0.3 is 0 Å². The predicted molar refractivity (Wildman–Crippen MR) is 80.0 cm³/mol. The van der Waals surface area contributed by atoms with E-state index in [4.69, 9.17) is 0 Å². The molecule has 0 spiro atoms. The summed E-state index contributed by atoms with van der Waals surface area (Å²) in [5, 5.41) is 10.2. The van der Waals surface area contributed by atoms with Crippen molar-refractivity contribution in [3.8, 4) is 0 Å². The van der Waals surface area contributed by atoms with Gasteiger partial charge in [0, 0.05) is 32.2 Å². The standard InChI is InChI=1S/C14H28N2O3S/c1-12-10-15(7-8-16(12)20(2,18)19)11-14(17)9-13-5-3-4-6-13/h12-14,17H,3-11H2,1-2H3/t12-,14?/m0/s1. The van der Waals surface area contributed by atoms with Crippen LogP contribution in [0.5, 0.6) is 0 Å². The van der Waals surface area contributed by atoms with E-state index >= 15 is 0 Å². The van der Waals surface area contributed by atoms with E-state index < -0.39 is 10.0 Å². The Labute approximate surface area is 123 Å². The highest BCUT2D eigenvalue weighted by atomic mass is 32.2. The van der Waals surface area contributed by atoms with Gasteiger partial charge in [-0.1, -0.05) is 25.7 Å². The number of aliphatic hydroxyl groups is 1. The van der Waals surface area contributed by atoms with Crippen LogP contribution < -0.4 is 0 Å². The topological polar surface area (TPSA) is 60.9 Å². The smallest absolute Gasteiger partial charge is 0.211 e. The van der Waals surface area contributed by atoms with Crippen LogP contribution in [0.4, 0.5) is 0 Å². The van der Waals surface area contributed by atoms with E-state index in [9.17, 15) is 13.5 Å². The molecule has 20 heavy (non-hydrogen) atoms. The molecule has 5 nitrogen and oxygen atoms in total. The van der Waals surface area contributed by atoms with Crippen LogP contribution in [0.2, 0.25) is 0 Å². The largest absolute Gasteiger partial charge is 0.392 e. The van der Waals surface area contributed by atoms with Crippen LogP contribution in [0.1, 0.15) is 39.0 Å². The molecule has 1 unspecified atom stereocenters. The molecule has 0 bridgehead atoms. The third-order valence-corrected chi connectivity index (χ3v) is 6.02. The highest BCUT2D eigenvalue weighted by Crippen LogP contribution is 2.28. The van der Waals surface area contributed by atoms with Crippen LogP contribution in [0.25, 0.3) is 0 Å². The molecule has 1 aliphatic heterocycles. The SMILES string of the molecule is C[C@H]1CN(CC(O)CC2CCCC2)CCN1S(C)(=O)=O. The quantitative estimate of drug-likeness (QED) is 0.819. The average molecular weight is 304 g/mol. The minimum absolute atomic E-state index is 0.00238. The summed E-state index contributed by atoms with van der Waals surface area (Å²) in [6.45, 7) is 4.60. The summed E-state index contributed by atoms with van der Waals surface area (Å²) in [6, 6.07) is -0.00238. The molecule has 2 rings (SSSR count). The third-order valence-electron chi connectivity index (χ3n) is 4.63. The Morgan fingerprint density at radius 1 is 1.25 bits per heavy atom. The molecule has 1 heterocycles. The summed E-state index contributed by atoms with van der Waals surface area (Å²) in [7, 11) is -3.10. The second-order valence-electron chi connectivity index (χ2n) is 6.52. The first-order chi connectivity index (χ1) is 9.36. The van der Waals surface area contributed by atoms with Gasteiger partial charge in [-0.05, 0) is 19.3 Å². The van der Waals surface area contributed by atoms with Crippen molar-refractivity contribution >= 4 is 10.0 Å². The van der Waals surface area contributed by atoms with Gasteiger partial charge in [-0.15, -0.1) is 0 Å². The first-order valence-corrected chi connectivity index (χ1v) is 9.58. The second-order valence-corrected chi connectivity index (χ2v) is 8.46. The summed E-state index contributed by atoms with van der Waals surface area (Å²) in [6.07, 6.45) is 7.04. The van der Waals surface area contributed by atoms with E-state index in [0.29, 0.717) is 19.0 Å². The van der Waals surface area contributed by atoms with E-state index in [-0.39, 0.29) is 12.1 Å². The molecule has 0 amide bonds. The molecular weight excluding hydrogens is 276 g/mol. The zero-order valence-electron chi connectivity index (χ0n) is 12.7. The van der Waals surface area contributed by atoms with Crippen LogP contribution in [-0.4, -0.2) is 67.3 Å². The van der Waals surface area contributed by atoms with Gasteiger partial charge in [0.2, 0.25) is 10.0 Å². The molecule has 2 atom stereocenters. The maximum atomic E-state index is 11.6. The summed E-state index contributed by atoms with van der Waals surface area (Å²) >= 11 is 0. The molecule has 0 aromatic carbocycles. The summed E-state index contributed by atoms with van der Waals surface area (Å²) in [4.78, 5) is 2.20. The van der Waals surface area contributed by atoms with Crippen molar-refractivity contribution < 1.29 is 13.5 Å². The number of hydrogen-bond acceptors (Lipinski definition) is 4. The fourth-order valence-corrected chi connectivity index (χ4v) is 4.81. The normalized spacial score (nSPS) is 28.9. The highest BCUT2D eigenvalue weighted by molar-refractivity contribution is 7.88. The monoisotopic (exact) mass is 304 g/mol. The van der Waals surface area contributed by atoms with Crippen molar-refractivity contribution in [2.75, 3.05) is 32.4 Å². The molecule has 2 aliphatic rings. The molecule has 118 valence electrons. The van der Waals surface area contributed by atoms with Gasteiger partial charge in [0.15, 0.2) is 0 Å². The molecule has 0 radical (unpaired) electrons. The first kappa shape index (κ1) is 16.2. The van der Waals surface area contributed by atoms with Crippen molar-refractivity contribution in [1.82, 2.24) is 9.21 Å². The number of aliphatic hydroxyl groups excluding tert-OH is 1. The highest BCUT2D eigenvalue weighted by Gasteiger charge is 2.30. The van der Waals surface area contributed by atoms with Gasteiger partial charge in [0.25, 0.3) is 0 Å². The second kappa shape index (κ2) is 6.73. The van der Waals surface area contributed by atoms with Crippen molar-refractivity contribution in [3.63, 3.8) is 0 Å². The minimum Gasteiger partial charge on any atom is -0.392 e. The van der Waals surface area contributed by atoms with E-state index in [2.05, 4.69) is 4.90 Å². The summed E-state index contributed by atoms with van der Waals surface area (Å²) in [5.41, 5.74) is 0. The third kappa shape index (κ3) is 4.41. The Morgan fingerprint density at radius 3 is 2.45 bits per heavy atom. The molecule has 0 aromatic heterocycles. The molecule has 2 fully saturated rings. The number of β-amino-alcohol motifs (C(OH)–C–C–N with tert-alkyl or cyclic N) is 1. The Bertz CT molecular complexity index is 407. The zero-order valence-corrected chi connectivity index (χ0v) is 13.5. The van der Waals surface area contributed by atoms with E-state index in [1.807, 2.05) is 6.92 Å². The van der Waals surface area contributed by atoms with Gasteiger partial charge in [0.05, 0.1) is 12.4 Å². The lowest BCUT2D eigenvalue weighted by Gasteiger charge is -2.39. The van der Waals surface area contributed by atoms with Crippen LogP contribution in [0.3, 0.4) is 0 Å². The number of hydrogen-bond donors (Lipinski definition) is 1. The Balaban J connectivity index is 1.77. The van der Waals surface area contributed by atoms with Crippen molar-refractivity contribution in [3.05, 3.63) is 0 Å². The molecular formula is C14H28N2O3S. The van der Waals surface area contributed by atoms with Gasteiger partial charge in [-0.3, -0.25) is 4.90 Å². The minimum atomic E-state index is -3.10. The Morgan fingerprint density at radius 2 is 1.90 bits per heavy atom. The van der Waals surface area contributed by atoms with E-state index in [0.717, 1.165) is 19.5 Å². The predicted octanol–water partition coefficient (Wildman–Crippen LogP) is 0.893. The van der Waals surface area contributed by atoms with Crippen molar-refractivity contribution in [1.29, 1.82) is 0 Å². The molecule has 1 saturated heterocycles. The lowest BCUT2D eigenvalue weighted by atomic mass is 9.99.